The molecule has 0 aliphatic carbocycles. The van der Waals surface area contributed by atoms with Crippen molar-refractivity contribution in [1.82, 2.24) is 15.1 Å². The van der Waals surface area contributed by atoms with E-state index >= 15 is 0 Å². The number of hydrogen-bond donors (Lipinski definition) is 1. The number of halogens is 1. The summed E-state index contributed by atoms with van der Waals surface area (Å²) in [6, 6.07) is 23.3. The Morgan fingerprint density at radius 3 is 2.31 bits per heavy atom. The summed E-state index contributed by atoms with van der Waals surface area (Å²) < 4.78 is 20.0. The van der Waals surface area contributed by atoms with Gasteiger partial charge in [0.25, 0.3) is 11.5 Å². The number of aromatic nitrogens is 2. The van der Waals surface area contributed by atoms with E-state index in [-0.39, 0.29) is 23.4 Å². The van der Waals surface area contributed by atoms with Crippen LogP contribution in [0.15, 0.2) is 99.6 Å². The predicted octanol–water partition coefficient (Wildman–Crippen LogP) is 5.24. The van der Waals surface area contributed by atoms with Gasteiger partial charge in [-0.15, -0.1) is 0 Å². The van der Waals surface area contributed by atoms with E-state index in [1.807, 2.05) is 38.1 Å². The van der Waals surface area contributed by atoms with Crippen LogP contribution in [0, 0.1) is 5.82 Å². The Morgan fingerprint density at radius 1 is 0.971 bits per heavy atom. The number of carbonyl (C=O) groups excluding carboxylic acids is 1. The van der Waals surface area contributed by atoms with Crippen molar-refractivity contribution in [1.29, 1.82) is 0 Å². The third-order valence-electron chi connectivity index (χ3n) is 4.93. The number of nitrogens with zero attached hydrogens (tertiary/aromatic N) is 2. The molecule has 1 N–H and O–H groups in total. The highest BCUT2D eigenvalue weighted by molar-refractivity contribution is 7.99. The average molecular weight is 490 g/mol. The highest BCUT2D eigenvalue weighted by Gasteiger charge is 2.09. The number of rotatable bonds is 8. The smallest absolute Gasteiger partial charge is 0.271 e. The first-order valence-electron chi connectivity index (χ1n) is 11.1. The molecule has 0 spiro atoms. The molecule has 0 aliphatic rings. The van der Waals surface area contributed by atoms with Crippen LogP contribution < -0.4 is 15.6 Å². The topological polar surface area (TPSA) is 73.2 Å². The largest absolute Gasteiger partial charge is 0.491 e. The lowest BCUT2D eigenvalue weighted by Gasteiger charge is -2.11. The molecule has 0 aliphatic heterocycles. The van der Waals surface area contributed by atoms with Crippen LogP contribution in [-0.2, 0) is 6.54 Å². The first-order valence-corrected chi connectivity index (χ1v) is 11.9. The zero-order valence-electron chi connectivity index (χ0n) is 19.3. The summed E-state index contributed by atoms with van der Waals surface area (Å²) in [6.07, 6.45) is 0.102. The standard InChI is InChI=1S/C27H24FN3O3S/c1-18(2)34-23-11-3-19(4-12-23)17-29-27(33)20-5-9-22(10-6-20)31-26(32)16-15-25(30-31)35-24-13-7-21(28)8-14-24/h3-16,18H,17H2,1-2H3,(H,29,33). The van der Waals surface area contributed by atoms with Gasteiger partial charge in [-0.2, -0.15) is 9.78 Å². The van der Waals surface area contributed by atoms with Crippen molar-refractivity contribution in [2.45, 2.75) is 36.4 Å². The molecule has 4 rings (SSSR count). The van der Waals surface area contributed by atoms with E-state index in [0.717, 1.165) is 16.2 Å². The van der Waals surface area contributed by atoms with Crippen LogP contribution >= 0.6 is 11.8 Å². The first kappa shape index (κ1) is 24.2. The minimum absolute atomic E-state index is 0.102. The molecule has 35 heavy (non-hydrogen) atoms. The Balaban J connectivity index is 1.41. The normalized spacial score (nSPS) is 10.9. The minimum atomic E-state index is -0.314. The Labute approximate surface area is 206 Å². The van der Waals surface area contributed by atoms with Gasteiger partial charge in [0.1, 0.15) is 16.6 Å². The summed E-state index contributed by atoms with van der Waals surface area (Å²) in [7, 11) is 0. The lowest BCUT2D eigenvalue weighted by Crippen LogP contribution is -2.23. The summed E-state index contributed by atoms with van der Waals surface area (Å²) in [4.78, 5) is 25.8. The van der Waals surface area contributed by atoms with Crippen molar-refractivity contribution < 1.29 is 13.9 Å². The van der Waals surface area contributed by atoms with Crippen molar-refractivity contribution in [3.63, 3.8) is 0 Å². The van der Waals surface area contributed by atoms with Crippen molar-refractivity contribution in [3.8, 4) is 11.4 Å². The molecule has 0 unspecified atom stereocenters. The summed E-state index contributed by atoms with van der Waals surface area (Å²) in [5.41, 5.74) is 1.67. The Hall–Kier alpha value is -3.91. The average Bonchev–Trinajstić information content (AvgIpc) is 2.86. The molecular formula is C27H24FN3O3S. The fourth-order valence-corrected chi connectivity index (χ4v) is 4.03. The third kappa shape index (κ3) is 6.58. The highest BCUT2D eigenvalue weighted by atomic mass is 32.2. The Kier molecular flexibility index (Phi) is 7.62. The molecule has 0 radical (unpaired) electrons. The van der Waals surface area contributed by atoms with Gasteiger partial charge in [0.05, 0.1) is 11.8 Å². The van der Waals surface area contributed by atoms with E-state index in [9.17, 15) is 14.0 Å². The van der Waals surface area contributed by atoms with Gasteiger partial charge in [-0.1, -0.05) is 23.9 Å². The van der Waals surface area contributed by atoms with E-state index in [1.54, 1.807) is 42.5 Å². The van der Waals surface area contributed by atoms with Crippen LogP contribution in [0.25, 0.3) is 5.69 Å². The SMILES string of the molecule is CC(C)Oc1ccc(CNC(=O)c2ccc(-n3nc(Sc4ccc(F)cc4)ccc3=O)cc2)cc1. The van der Waals surface area contributed by atoms with Crippen molar-refractivity contribution in [2.24, 2.45) is 0 Å². The molecule has 6 nitrogen and oxygen atoms in total. The van der Waals surface area contributed by atoms with Crippen molar-refractivity contribution >= 4 is 17.7 Å². The molecule has 1 heterocycles. The van der Waals surface area contributed by atoms with E-state index in [2.05, 4.69) is 10.4 Å². The maximum atomic E-state index is 13.1. The maximum absolute atomic E-state index is 13.1. The molecule has 0 saturated carbocycles. The lowest BCUT2D eigenvalue weighted by molar-refractivity contribution is 0.0951. The monoisotopic (exact) mass is 489 g/mol. The minimum Gasteiger partial charge on any atom is -0.491 e. The molecule has 0 atom stereocenters. The van der Waals surface area contributed by atoms with Gasteiger partial charge in [-0.3, -0.25) is 9.59 Å². The molecule has 4 aromatic rings. The maximum Gasteiger partial charge on any atom is 0.271 e. The highest BCUT2D eigenvalue weighted by Crippen LogP contribution is 2.25. The first-order chi connectivity index (χ1) is 16.9. The molecule has 0 saturated heterocycles. The Morgan fingerprint density at radius 2 is 1.66 bits per heavy atom. The summed E-state index contributed by atoms with van der Waals surface area (Å²) in [5, 5.41) is 7.88. The number of ether oxygens (including phenoxy) is 1. The summed E-state index contributed by atoms with van der Waals surface area (Å²) in [6.45, 7) is 4.32. The second kappa shape index (κ2) is 11.0. The van der Waals surface area contributed by atoms with Crippen LogP contribution in [0.3, 0.4) is 0 Å². The molecular weight excluding hydrogens is 465 g/mol. The van der Waals surface area contributed by atoms with Crippen LogP contribution in [-0.4, -0.2) is 21.8 Å². The van der Waals surface area contributed by atoms with Gasteiger partial charge >= 0.3 is 0 Å². The molecule has 8 heteroatoms. The van der Waals surface area contributed by atoms with E-state index in [4.69, 9.17) is 4.74 Å². The zero-order valence-corrected chi connectivity index (χ0v) is 20.1. The second-order valence-corrected chi connectivity index (χ2v) is 9.11. The predicted molar refractivity (Wildman–Crippen MR) is 134 cm³/mol. The van der Waals surface area contributed by atoms with Crippen LogP contribution in [0.5, 0.6) is 5.75 Å². The van der Waals surface area contributed by atoms with Crippen molar-refractivity contribution in [2.75, 3.05) is 0 Å². The van der Waals surface area contributed by atoms with Gasteiger partial charge in [-0.05, 0) is 86.1 Å². The molecule has 1 aromatic heterocycles. The van der Waals surface area contributed by atoms with Gasteiger partial charge < -0.3 is 10.1 Å². The molecule has 1 amide bonds. The third-order valence-corrected chi connectivity index (χ3v) is 5.87. The van der Waals surface area contributed by atoms with Crippen LogP contribution in [0.4, 0.5) is 4.39 Å². The number of benzene rings is 3. The lowest BCUT2D eigenvalue weighted by atomic mass is 10.1. The van der Waals surface area contributed by atoms with Gasteiger partial charge in [0, 0.05) is 23.1 Å². The van der Waals surface area contributed by atoms with Crippen LogP contribution in [0.1, 0.15) is 29.8 Å². The summed E-state index contributed by atoms with van der Waals surface area (Å²) in [5.74, 6) is 0.250. The molecule has 0 bridgehead atoms. The number of amides is 1. The quantitative estimate of drug-likeness (QED) is 0.366. The van der Waals surface area contributed by atoms with Crippen molar-refractivity contribution in [3.05, 3.63) is 112 Å². The molecule has 3 aromatic carbocycles. The summed E-state index contributed by atoms with van der Waals surface area (Å²) >= 11 is 1.32. The van der Waals surface area contributed by atoms with Gasteiger partial charge in [-0.25, -0.2) is 4.39 Å². The van der Waals surface area contributed by atoms with Gasteiger partial charge in [0.15, 0.2) is 0 Å². The van der Waals surface area contributed by atoms with Gasteiger partial charge in [0.2, 0.25) is 0 Å². The Bertz CT molecular complexity index is 1350. The van der Waals surface area contributed by atoms with Crippen LogP contribution in [0.2, 0.25) is 0 Å². The zero-order chi connectivity index (χ0) is 24.8. The van der Waals surface area contributed by atoms with E-state index in [0.29, 0.717) is 22.8 Å². The fraction of sp³-hybridized carbons (Fsp3) is 0.148. The van der Waals surface area contributed by atoms with E-state index < -0.39 is 0 Å². The second-order valence-electron chi connectivity index (χ2n) is 8.02. The van der Waals surface area contributed by atoms with E-state index in [1.165, 1.54) is 34.6 Å². The molecule has 0 fully saturated rings. The number of nitrogens with one attached hydrogen (secondary N) is 1. The fourth-order valence-electron chi connectivity index (χ4n) is 3.25. The number of hydrogen-bond acceptors (Lipinski definition) is 5. The molecule has 178 valence electrons. The number of carbonyl (C=O) groups is 1.